The first-order chi connectivity index (χ1) is 14.5. The van der Waals surface area contributed by atoms with E-state index in [9.17, 15) is 8.42 Å². The van der Waals surface area contributed by atoms with Crippen LogP contribution in [-0.4, -0.2) is 45.1 Å². The van der Waals surface area contributed by atoms with Crippen molar-refractivity contribution in [2.45, 2.75) is 38.8 Å². The number of nitrogens with one attached hydrogen (secondary N) is 2. The van der Waals surface area contributed by atoms with E-state index < -0.39 is 9.84 Å². The monoisotopic (exact) mass is 555 g/mol. The highest BCUT2D eigenvalue weighted by Gasteiger charge is 2.28. The molecule has 0 radical (unpaired) electrons. The fourth-order valence-corrected chi connectivity index (χ4v) is 5.61. The lowest BCUT2D eigenvalue weighted by molar-refractivity contribution is 0.288. The maximum absolute atomic E-state index is 11.7. The molecule has 2 aromatic carbocycles. The van der Waals surface area contributed by atoms with Crippen LogP contribution in [0.4, 0.5) is 0 Å². The lowest BCUT2D eigenvalue weighted by Crippen LogP contribution is -2.44. The van der Waals surface area contributed by atoms with E-state index in [4.69, 9.17) is 4.74 Å². The standard InChI is InChI=1S/C23H29N3O3S.HI/c1-2-24-23(26-21-11-13-30(27,28)16-21)25-15-17-5-7-18(8-6-17)19-9-10-22-20(14-19)4-3-12-29-22;/h5-10,14,21H,2-4,11-13,15-16H2,1H3,(H2,24,25,26);1H. The van der Waals surface area contributed by atoms with Crippen molar-refractivity contribution in [3.05, 3.63) is 53.6 Å². The summed E-state index contributed by atoms with van der Waals surface area (Å²) in [6, 6.07) is 14.8. The Labute approximate surface area is 201 Å². The number of benzene rings is 2. The van der Waals surface area contributed by atoms with E-state index in [1.54, 1.807) is 0 Å². The first-order valence-electron chi connectivity index (χ1n) is 10.6. The molecule has 6 nitrogen and oxygen atoms in total. The summed E-state index contributed by atoms with van der Waals surface area (Å²) >= 11 is 0. The van der Waals surface area contributed by atoms with E-state index in [-0.39, 0.29) is 41.5 Å². The molecule has 2 heterocycles. The van der Waals surface area contributed by atoms with Crippen LogP contribution >= 0.6 is 24.0 Å². The average molecular weight is 555 g/mol. The number of fused-ring (bicyclic) bond motifs is 1. The van der Waals surface area contributed by atoms with Crippen LogP contribution in [0.3, 0.4) is 0 Å². The molecule has 8 heteroatoms. The van der Waals surface area contributed by atoms with Crippen LogP contribution in [0.1, 0.15) is 30.9 Å². The largest absolute Gasteiger partial charge is 0.493 e. The van der Waals surface area contributed by atoms with Crippen LogP contribution in [0.25, 0.3) is 11.1 Å². The molecule has 2 aromatic rings. The Morgan fingerprint density at radius 3 is 2.65 bits per heavy atom. The van der Waals surface area contributed by atoms with Crippen molar-refractivity contribution in [1.82, 2.24) is 10.6 Å². The van der Waals surface area contributed by atoms with Gasteiger partial charge in [0.15, 0.2) is 15.8 Å². The van der Waals surface area contributed by atoms with Gasteiger partial charge < -0.3 is 15.4 Å². The zero-order valence-corrected chi connectivity index (χ0v) is 20.9. The molecule has 0 spiro atoms. The van der Waals surface area contributed by atoms with Gasteiger partial charge in [-0.2, -0.15) is 0 Å². The zero-order chi connectivity index (χ0) is 21.0. The van der Waals surface area contributed by atoms with Crippen molar-refractivity contribution < 1.29 is 13.2 Å². The average Bonchev–Trinajstić information content (AvgIpc) is 3.10. The fourth-order valence-electron chi connectivity index (χ4n) is 3.94. The fraction of sp³-hybridized carbons (Fsp3) is 0.435. The third-order valence-electron chi connectivity index (χ3n) is 5.53. The smallest absolute Gasteiger partial charge is 0.191 e. The van der Waals surface area contributed by atoms with Crippen molar-refractivity contribution in [1.29, 1.82) is 0 Å². The number of guanidine groups is 1. The molecule has 2 N–H and O–H groups in total. The molecule has 1 fully saturated rings. The number of hydrogen-bond acceptors (Lipinski definition) is 4. The topological polar surface area (TPSA) is 79.8 Å². The lowest BCUT2D eigenvalue weighted by atomic mass is 9.98. The molecule has 2 aliphatic heterocycles. The zero-order valence-electron chi connectivity index (χ0n) is 17.8. The number of rotatable bonds is 5. The Morgan fingerprint density at radius 2 is 1.94 bits per heavy atom. The van der Waals surface area contributed by atoms with Crippen LogP contribution in [0.5, 0.6) is 5.75 Å². The van der Waals surface area contributed by atoms with Crippen LogP contribution in [-0.2, 0) is 22.8 Å². The summed E-state index contributed by atoms with van der Waals surface area (Å²) in [4.78, 5) is 4.64. The number of aryl methyl sites for hydroxylation is 1. The highest BCUT2D eigenvalue weighted by Crippen LogP contribution is 2.30. The quantitative estimate of drug-likeness (QED) is 0.335. The summed E-state index contributed by atoms with van der Waals surface area (Å²) in [5.74, 6) is 2.10. The predicted octanol–water partition coefficient (Wildman–Crippen LogP) is 3.54. The van der Waals surface area contributed by atoms with Gasteiger partial charge in [0.05, 0.1) is 24.7 Å². The molecule has 0 aromatic heterocycles. The van der Waals surface area contributed by atoms with Crippen molar-refractivity contribution in [3.8, 4) is 16.9 Å². The highest BCUT2D eigenvalue weighted by atomic mass is 127. The Balaban J connectivity index is 0.00000272. The second kappa shape index (κ2) is 10.7. The van der Waals surface area contributed by atoms with Gasteiger partial charge in [0.1, 0.15) is 5.75 Å². The van der Waals surface area contributed by atoms with Crippen LogP contribution < -0.4 is 15.4 Å². The minimum Gasteiger partial charge on any atom is -0.493 e. The summed E-state index contributed by atoms with van der Waals surface area (Å²) < 4.78 is 29.1. The van der Waals surface area contributed by atoms with Gasteiger partial charge in [0, 0.05) is 12.6 Å². The third-order valence-corrected chi connectivity index (χ3v) is 7.30. The minimum atomic E-state index is -2.91. The van der Waals surface area contributed by atoms with Gasteiger partial charge in [0.2, 0.25) is 0 Å². The Hall–Kier alpha value is -1.81. The Bertz CT molecular complexity index is 1020. The van der Waals surface area contributed by atoms with Crippen molar-refractivity contribution in [3.63, 3.8) is 0 Å². The first kappa shape index (κ1) is 23.8. The summed E-state index contributed by atoms with van der Waals surface area (Å²) in [7, 11) is -2.91. The molecule has 0 aliphatic carbocycles. The van der Waals surface area contributed by atoms with E-state index in [0.717, 1.165) is 37.3 Å². The SMILES string of the molecule is CCNC(=NCc1ccc(-c2ccc3c(c2)CCCO3)cc1)NC1CCS(=O)(=O)C1.I. The van der Waals surface area contributed by atoms with Gasteiger partial charge in [0.25, 0.3) is 0 Å². The van der Waals surface area contributed by atoms with Gasteiger partial charge in [-0.05, 0) is 60.6 Å². The van der Waals surface area contributed by atoms with Gasteiger partial charge in [-0.3, -0.25) is 0 Å². The Kier molecular flexibility index (Phi) is 8.21. The third kappa shape index (κ3) is 6.35. The number of halogens is 1. The van der Waals surface area contributed by atoms with E-state index in [1.165, 1.54) is 16.7 Å². The molecular formula is C23H30IN3O3S. The second-order valence-electron chi connectivity index (χ2n) is 7.91. The molecule has 1 unspecified atom stereocenters. The second-order valence-corrected chi connectivity index (χ2v) is 10.1. The van der Waals surface area contributed by atoms with E-state index in [0.29, 0.717) is 18.9 Å². The first-order valence-corrected chi connectivity index (χ1v) is 12.4. The van der Waals surface area contributed by atoms with E-state index in [1.807, 2.05) is 6.92 Å². The van der Waals surface area contributed by atoms with Gasteiger partial charge in [-0.1, -0.05) is 30.3 Å². The van der Waals surface area contributed by atoms with Crippen LogP contribution in [0.15, 0.2) is 47.5 Å². The highest BCUT2D eigenvalue weighted by molar-refractivity contribution is 14.0. The molecule has 2 aliphatic rings. The molecule has 4 rings (SSSR count). The molecule has 1 saturated heterocycles. The molecule has 31 heavy (non-hydrogen) atoms. The van der Waals surface area contributed by atoms with Gasteiger partial charge >= 0.3 is 0 Å². The number of aliphatic imine (C=N–C) groups is 1. The number of sulfone groups is 1. The molecule has 0 amide bonds. The summed E-state index contributed by atoms with van der Waals surface area (Å²) in [5, 5.41) is 6.46. The summed E-state index contributed by atoms with van der Waals surface area (Å²) in [6.45, 7) is 4.07. The predicted molar refractivity (Wildman–Crippen MR) is 136 cm³/mol. The van der Waals surface area contributed by atoms with Crippen LogP contribution in [0, 0.1) is 0 Å². The lowest BCUT2D eigenvalue weighted by Gasteiger charge is -2.18. The van der Waals surface area contributed by atoms with E-state index >= 15 is 0 Å². The summed E-state index contributed by atoms with van der Waals surface area (Å²) in [5.41, 5.74) is 4.77. The normalized spacial score (nSPS) is 19.6. The Morgan fingerprint density at radius 1 is 1.16 bits per heavy atom. The molecule has 0 saturated carbocycles. The number of hydrogen-bond donors (Lipinski definition) is 2. The van der Waals surface area contributed by atoms with Gasteiger partial charge in [-0.15, -0.1) is 24.0 Å². The molecular weight excluding hydrogens is 525 g/mol. The summed E-state index contributed by atoms with van der Waals surface area (Å²) in [6.07, 6.45) is 2.77. The number of nitrogens with zero attached hydrogens (tertiary/aromatic N) is 1. The van der Waals surface area contributed by atoms with Crippen molar-refractivity contribution in [2.75, 3.05) is 24.7 Å². The molecule has 1 atom stereocenters. The van der Waals surface area contributed by atoms with Gasteiger partial charge in [-0.25, -0.2) is 13.4 Å². The number of ether oxygens (including phenoxy) is 1. The molecule has 168 valence electrons. The maximum atomic E-state index is 11.7. The minimum absolute atomic E-state index is 0. The van der Waals surface area contributed by atoms with Crippen LogP contribution in [0.2, 0.25) is 0 Å². The maximum Gasteiger partial charge on any atom is 0.191 e. The molecule has 0 bridgehead atoms. The van der Waals surface area contributed by atoms with Crippen molar-refractivity contribution >= 4 is 39.8 Å². The van der Waals surface area contributed by atoms with E-state index in [2.05, 4.69) is 58.1 Å². The van der Waals surface area contributed by atoms with Crippen molar-refractivity contribution in [2.24, 2.45) is 4.99 Å².